The fourth-order valence-corrected chi connectivity index (χ4v) is 2.67. The van der Waals surface area contributed by atoms with E-state index in [2.05, 4.69) is 66.0 Å². The molecule has 2 aromatic rings. The second kappa shape index (κ2) is 7.59. The lowest BCUT2D eigenvalue weighted by Gasteiger charge is -2.10. The first-order valence-electron chi connectivity index (χ1n) is 7.69. The van der Waals surface area contributed by atoms with Gasteiger partial charge in [-0.15, -0.1) is 0 Å². The second-order valence-corrected chi connectivity index (χ2v) is 7.06. The fourth-order valence-electron chi connectivity index (χ4n) is 2.40. The molecule has 3 heteroatoms. The third-order valence-electron chi connectivity index (χ3n) is 3.72. The van der Waals surface area contributed by atoms with Gasteiger partial charge in [0.15, 0.2) is 0 Å². The summed E-state index contributed by atoms with van der Waals surface area (Å²) in [6.45, 7) is 6.60. The van der Waals surface area contributed by atoms with Crippen molar-refractivity contribution in [2.75, 3.05) is 0 Å². The van der Waals surface area contributed by atoms with Crippen LogP contribution in [0.3, 0.4) is 0 Å². The van der Waals surface area contributed by atoms with Gasteiger partial charge in [0.05, 0.1) is 5.92 Å². The Kier molecular flexibility index (Phi) is 5.78. The van der Waals surface area contributed by atoms with Crippen LogP contribution in [-0.2, 0) is 6.42 Å². The molecule has 0 saturated carbocycles. The Labute approximate surface area is 141 Å². The molecule has 0 amide bonds. The molecule has 0 fully saturated rings. The molecule has 0 spiro atoms. The number of hydrogen-bond donors (Lipinski definition) is 2. The molecule has 0 bridgehead atoms. The van der Waals surface area contributed by atoms with Crippen molar-refractivity contribution in [2.24, 2.45) is 11.7 Å². The Hall–Kier alpha value is -1.61. The molecule has 22 heavy (non-hydrogen) atoms. The second-order valence-electron chi connectivity index (χ2n) is 6.15. The van der Waals surface area contributed by atoms with Crippen LogP contribution in [0.4, 0.5) is 5.69 Å². The van der Waals surface area contributed by atoms with Crippen LogP contribution >= 0.6 is 15.9 Å². The van der Waals surface area contributed by atoms with Gasteiger partial charge in [-0.3, -0.25) is 5.73 Å². The van der Waals surface area contributed by atoms with Gasteiger partial charge in [-0.25, -0.2) is 4.99 Å². The highest BCUT2D eigenvalue weighted by molar-refractivity contribution is 9.10. The maximum Gasteiger partial charge on any atom is 0.252 e. The van der Waals surface area contributed by atoms with Crippen molar-refractivity contribution in [3.63, 3.8) is 0 Å². The quantitative estimate of drug-likeness (QED) is 0.622. The molecule has 116 valence electrons. The summed E-state index contributed by atoms with van der Waals surface area (Å²) in [6.07, 6.45) is 1.12. The van der Waals surface area contributed by atoms with Crippen LogP contribution < -0.4 is 10.7 Å². The highest BCUT2D eigenvalue weighted by Gasteiger charge is 2.15. The predicted molar refractivity (Wildman–Crippen MR) is 97.4 cm³/mol. The van der Waals surface area contributed by atoms with Gasteiger partial charge in [0.1, 0.15) is 5.69 Å². The van der Waals surface area contributed by atoms with E-state index in [0.29, 0.717) is 5.92 Å². The standard InChI is InChI=1S/C19H23BrN2/c1-13(2)12-15-4-6-16(7-5-15)14(3)19(21)22-18-10-8-17(20)9-11-18/h4-11,13-14H,12H2,1-3H3,(H2,21,22)/p+1/t14-/m0/s1. The van der Waals surface area contributed by atoms with Crippen LogP contribution in [0, 0.1) is 5.92 Å². The summed E-state index contributed by atoms with van der Waals surface area (Å²) < 4.78 is 1.06. The van der Waals surface area contributed by atoms with Crippen molar-refractivity contribution < 1.29 is 4.99 Å². The molecule has 0 heterocycles. The van der Waals surface area contributed by atoms with E-state index in [1.54, 1.807) is 0 Å². The molecule has 2 nitrogen and oxygen atoms in total. The summed E-state index contributed by atoms with van der Waals surface area (Å²) in [5.41, 5.74) is 9.85. The summed E-state index contributed by atoms with van der Waals surface area (Å²) >= 11 is 3.44. The van der Waals surface area contributed by atoms with Gasteiger partial charge >= 0.3 is 0 Å². The zero-order chi connectivity index (χ0) is 16.1. The Balaban J connectivity index is 2.12. The van der Waals surface area contributed by atoms with E-state index in [4.69, 9.17) is 5.73 Å². The van der Waals surface area contributed by atoms with Crippen LogP contribution in [0.5, 0.6) is 0 Å². The number of amidine groups is 1. The molecule has 2 aromatic carbocycles. The first-order chi connectivity index (χ1) is 10.5. The van der Waals surface area contributed by atoms with Crippen molar-refractivity contribution in [3.8, 4) is 0 Å². The highest BCUT2D eigenvalue weighted by atomic mass is 79.9. The van der Waals surface area contributed by atoms with Crippen molar-refractivity contribution >= 4 is 27.5 Å². The minimum atomic E-state index is 0.164. The molecule has 2 rings (SSSR count). The number of hydrogen-bond acceptors (Lipinski definition) is 0. The van der Waals surface area contributed by atoms with Crippen LogP contribution in [0.15, 0.2) is 53.0 Å². The minimum absolute atomic E-state index is 0.164. The number of benzene rings is 2. The third-order valence-corrected chi connectivity index (χ3v) is 4.25. The summed E-state index contributed by atoms with van der Waals surface area (Å²) in [5.74, 6) is 1.61. The molecule has 0 unspecified atom stereocenters. The molecule has 0 radical (unpaired) electrons. The van der Waals surface area contributed by atoms with Crippen LogP contribution in [-0.4, -0.2) is 5.84 Å². The number of nitrogens with one attached hydrogen (secondary N) is 1. The summed E-state index contributed by atoms with van der Waals surface area (Å²) in [5, 5.41) is 0. The topological polar surface area (TPSA) is 40.0 Å². The maximum absolute atomic E-state index is 6.23. The first-order valence-corrected chi connectivity index (χ1v) is 8.48. The SMILES string of the molecule is CC(C)Cc1ccc([C@H](C)C(N)=[NH+]c2ccc(Br)cc2)cc1. The molecule has 3 N–H and O–H groups in total. The molecule has 0 aliphatic carbocycles. The predicted octanol–water partition coefficient (Wildman–Crippen LogP) is 3.52. The van der Waals surface area contributed by atoms with E-state index < -0.39 is 0 Å². The van der Waals surface area contributed by atoms with Gasteiger partial charge in [0, 0.05) is 4.47 Å². The van der Waals surface area contributed by atoms with Crippen LogP contribution in [0.25, 0.3) is 0 Å². The van der Waals surface area contributed by atoms with E-state index >= 15 is 0 Å². The van der Waals surface area contributed by atoms with Crippen LogP contribution in [0.1, 0.15) is 37.8 Å². The smallest absolute Gasteiger partial charge is 0.252 e. The van der Waals surface area contributed by atoms with E-state index in [1.165, 1.54) is 11.1 Å². The minimum Gasteiger partial charge on any atom is -0.290 e. The lowest BCUT2D eigenvalue weighted by atomic mass is 9.96. The van der Waals surface area contributed by atoms with Crippen molar-refractivity contribution in [1.29, 1.82) is 0 Å². The average Bonchev–Trinajstić information content (AvgIpc) is 2.49. The van der Waals surface area contributed by atoms with E-state index in [0.717, 1.165) is 22.4 Å². The van der Waals surface area contributed by atoms with E-state index in [1.807, 2.05) is 24.3 Å². The normalized spacial score (nSPS) is 13.4. The van der Waals surface area contributed by atoms with Crippen molar-refractivity contribution in [2.45, 2.75) is 33.1 Å². The zero-order valence-electron chi connectivity index (χ0n) is 13.4. The monoisotopic (exact) mass is 359 g/mol. The fraction of sp³-hybridized carbons (Fsp3) is 0.316. The van der Waals surface area contributed by atoms with Crippen molar-refractivity contribution in [1.82, 2.24) is 0 Å². The molecule has 0 saturated heterocycles. The van der Waals surface area contributed by atoms with Gasteiger partial charge in [-0.2, -0.15) is 0 Å². The molecular weight excluding hydrogens is 336 g/mol. The van der Waals surface area contributed by atoms with Gasteiger partial charge < -0.3 is 0 Å². The first kappa shape index (κ1) is 16.8. The maximum atomic E-state index is 6.23. The van der Waals surface area contributed by atoms with Gasteiger partial charge in [-0.1, -0.05) is 54.0 Å². The van der Waals surface area contributed by atoms with E-state index in [9.17, 15) is 0 Å². The number of nitrogens with two attached hydrogens (primary N) is 1. The average molecular weight is 360 g/mol. The third kappa shape index (κ3) is 4.70. The Morgan fingerprint density at radius 3 is 2.14 bits per heavy atom. The lowest BCUT2D eigenvalue weighted by molar-refractivity contribution is -0.357. The lowest BCUT2D eigenvalue weighted by Crippen LogP contribution is -2.70. The number of halogens is 1. The van der Waals surface area contributed by atoms with Crippen LogP contribution in [0.2, 0.25) is 0 Å². The molecular formula is C19H24BrN2+. The molecule has 1 atom stereocenters. The van der Waals surface area contributed by atoms with E-state index in [-0.39, 0.29) is 5.92 Å². The Bertz CT molecular complexity index is 627. The zero-order valence-corrected chi connectivity index (χ0v) is 15.0. The summed E-state index contributed by atoms with van der Waals surface area (Å²) in [7, 11) is 0. The Morgan fingerprint density at radius 1 is 1.00 bits per heavy atom. The summed E-state index contributed by atoms with van der Waals surface area (Å²) in [4.78, 5) is 3.29. The van der Waals surface area contributed by atoms with Gasteiger partial charge in [0.2, 0.25) is 0 Å². The Morgan fingerprint density at radius 2 is 1.59 bits per heavy atom. The van der Waals surface area contributed by atoms with Crippen molar-refractivity contribution in [3.05, 3.63) is 64.1 Å². The number of rotatable bonds is 5. The highest BCUT2D eigenvalue weighted by Crippen LogP contribution is 2.17. The molecule has 0 aromatic heterocycles. The van der Waals surface area contributed by atoms with Gasteiger partial charge in [-0.05, 0) is 54.7 Å². The summed E-state index contributed by atoms with van der Waals surface area (Å²) in [6, 6.07) is 16.8. The molecule has 0 aliphatic heterocycles. The molecule has 0 aliphatic rings. The largest absolute Gasteiger partial charge is 0.290 e. The van der Waals surface area contributed by atoms with Gasteiger partial charge in [0.25, 0.3) is 5.84 Å².